The number of Topliss-reactive ketones (excluding diaryl/α,β-unsaturated/α-hetero) is 1. The predicted octanol–water partition coefficient (Wildman–Crippen LogP) is 3.64. The maximum absolute atomic E-state index is 12.3. The molecule has 0 amide bonds. The average molecular weight is 284 g/mol. The van der Waals surface area contributed by atoms with Crippen molar-refractivity contribution in [2.45, 2.75) is 26.2 Å². The number of likely N-dealkylation sites (N-methyl/N-ethyl adjacent to an activating group) is 1. The van der Waals surface area contributed by atoms with Gasteiger partial charge in [0.1, 0.15) is 0 Å². The summed E-state index contributed by atoms with van der Waals surface area (Å²) in [7, 11) is 3.85. The van der Waals surface area contributed by atoms with Crippen molar-refractivity contribution in [3.63, 3.8) is 0 Å². The first-order valence-electron chi connectivity index (χ1n) is 7.25. The second-order valence-electron chi connectivity index (χ2n) is 6.58. The third kappa shape index (κ3) is 3.54. The standard InChI is InChI=1S/C18H24N2O/c1-18(2,3)14-8-10-15(11-9-14)20(5)13-17(21)16-7-6-12-19(16)4/h6-12H,13H2,1-5H3. The highest BCUT2D eigenvalue weighted by atomic mass is 16.1. The number of aryl methyl sites for hydroxylation is 1. The molecule has 0 saturated carbocycles. The van der Waals surface area contributed by atoms with Crippen LogP contribution >= 0.6 is 0 Å². The van der Waals surface area contributed by atoms with E-state index in [1.165, 1.54) is 5.56 Å². The van der Waals surface area contributed by atoms with Crippen LogP contribution in [0.3, 0.4) is 0 Å². The smallest absolute Gasteiger partial charge is 0.198 e. The third-order valence-corrected chi connectivity index (χ3v) is 3.78. The molecule has 0 aliphatic heterocycles. The molecule has 0 aliphatic rings. The Morgan fingerprint density at radius 2 is 1.76 bits per heavy atom. The first-order chi connectivity index (χ1) is 9.79. The molecule has 0 radical (unpaired) electrons. The van der Waals surface area contributed by atoms with Gasteiger partial charge in [-0.05, 0) is 35.2 Å². The Kier molecular flexibility index (Phi) is 4.21. The van der Waals surface area contributed by atoms with E-state index in [2.05, 4.69) is 45.0 Å². The fraction of sp³-hybridized carbons (Fsp3) is 0.389. The highest BCUT2D eigenvalue weighted by molar-refractivity contribution is 5.97. The highest BCUT2D eigenvalue weighted by Gasteiger charge is 2.15. The van der Waals surface area contributed by atoms with Gasteiger partial charge in [0.25, 0.3) is 0 Å². The molecule has 0 fully saturated rings. The molecule has 1 aromatic carbocycles. The molecule has 21 heavy (non-hydrogen) atoms. The largest absolute Gasteiger partial charge is 0.367 e. The van der Waals surface area contributed by atoms with Gasteiger partial charge in [0.05, 0.1) is 12.2 Å². The summed E-state index contributed by atoms with van der Waals surface area (Å²) in [5, 5.41) is 0. The van der Waals surface area contributed by atoms with Gasteiger partial charge in [0, 0.05) is 26.0 Å². The lowest BCUT2D eigenvalue weighted by atomic mass is 9.87. The predicted molar refractivity (Wildman–Crippen MR) is 88.2 cm³/mol. The summed E-state index contributed by atoms with van der Waals surface area (Å²) in [6.45, 7) is 6.98. The average Bonchev–Trinajstić information content (AvgIpc) is 2.84. The molecule has 0 spiro atoms. The Bertz CT molecular complexity index is 617. The lowest BCUT2D eigenvalue weighted by Crippen LogP contribution is -2.26. The van der Waals surface area contributed by atoms with Crippen molar-refractivity contribution in [2.24, 2.45) is 7.05 Å². The summed E-state index contributed by atoms with van der Waals surface area (Å²) >= 11 is 0. The molecule has 0 unspecified atom stereocenters. The van der Waals surface area contributed by atoms with Gasteiger partial charge in [0.15, 0.2) is 5.78 Å². The Morgan fingerprint density at radius 1 is 1.14 bits per heavy atom. The Labute approximate surface area is 127 Å². The number of benzene rings is 1. The lowest BCUT2D eigenvalue weighted by Gasteiger charge is -2.22. The van der Waals surface area contributed by atoms with E-state index in [0.717, 1.165) is 11.4 Å². The molecular formula is C18H24N2O. The van der Waals surface area contributed by atoms with Gasteiger partial charge in [-0.2, -0.15) is 0 Å². The molecule has 112 valence electrons. The minimum atomic E-state index is 0.130. The summed E-state index contributed by atoms with van der Waals surface area (Å²) in [4.78, 5) is 14.3. The summed E-state index contributed by atoms with van der Waals surface area (Å²) in [6.07, 6.45) is 1.89. The number of aromatic nitrogens is 1. The van der Waals surface area contributed by atoms with E-state index in [-0.39, 0.29) is 11.2 Å². The maximum atomic E-state index is 12.3. The summed E-state index contributed by atoms with van der Waals surface area (Å²) < 4.78 is 1.86. The zero-order valence-electron chi connectivity index (χ0n) is 13.6. The number of carbonyl (C=O) groups is 1. The second-order valence-corrected chi connectivity index (χ2v) is 6.58. The highest BCUT2D eigenvalue weighted by Crippen LogP contribution is 2.24. The summed E-state index contributed by atoms with van der Waals surface area (Å²) in [5.41, 5.74) is 3.25. The van der Waals surface area contributed by atoms with Crippen molar-refractivity contribution < 1.29 is 4.79 Å². The molecule has 0 bridgehead atoms. The molecule has 1 heterocycles. The van der Waals surface area contributed by atoms with Crippen LogP contribution in [-0.2, 0) is 12.5 Å². The number of ketones is 1. The number of carbonyl (C=O) groups excluding carboxylic acids is 1. The van der Waals surface area contributed by atoms with Crippen molar-refractivity contribution in [1.29, 1.82) is 0 Å². The van der Waals surface area contributed by atoms with Crippen LogP contribution in [0.15, 0.2) is 42.6 Å². The van der Waals surface area contributed by atoms with E-state index < -0.39 is 0 Å². The molecule has 1 aromatic heterocycles. The molecule has 3 nitrogen and oxygen atoms in total. The molecule has 3 heteroatoms. The Balaban J connectivity index is 2.09. The molecule has 0 saturated heterocycles. The van der Waals surface area contributed by atoms with E-state index in [4.69, 9.17) is 0 Å². The topological polar surface area (TPSA) is 25.2 Å². The molecule has 2 rings (SSSR count). The minimum Gasteiger partial charge on any atom is -0.367 e. The van der Waals surface area contributed by atoms with Crippen LogP contribution in [0.25, 0.3) is 0 Å². The monoisotopic (exact) mass is 284 g/mol. The zero-order valence-corrected chi connectivity index (χ0v) is 13.6. The molecule has 0 aliphatic carbocycles. The van der Waals surface area contributed by atoms with Crippen molar-refractivity contribution in [3.8, 4) is 0 Å². The molecule has 0 N–H and O–H groups in total. The first-order valence-corrected chi connectivity index (χ1v) is 7.25. The van der Waals surface area contributed by atoms with Crippen LogP contribution in [-0.4, -0.2) is 23.9 Å². The molecular weight excluding hydrogens is 260 g/mol. The van der Waals surface area contributed by atoms with Gasteiger partial charge < -0.3 is 9.47 Å². The van der Waals surface area contributed by atoms with E-state index in [0.29, 0.717) is 6.54 Å². The van der Waals surface area contributed by atoms with Crippen LogP contribution in [0.1, 0.15) is 36.8 Å². The van der Waals surface area contributed by atoms with Crippen molar-refractivity contribution in [1.82, 2.24) is 4.57 Å². The van der Waals surface area contributed by atoms with Gasteiger partial charge >= 0.3 is 0 Å². The first kappa shape index (κ1) is 15.4. The Morgan fingerprint density at radius 3 is 2.24 bits per heavy atom. The van der Waals surface area contributed by atoms with Gasteiger partial charge in [-0.3, -0.25) is 4.79 Å². The van der Waals surface area contributed by atoms with E-state index in [1.807, 2.05) is 41.9 Å². The van der Waals surface area contributed by atoms with Gasteiger partial charge in [-0.15, -0.1) is 0 Å². The molecule has 0 atom stereocenters. The Hall–Kier alpha value is -2.03. The van der Waals surface area contributed by atoms with Crippen molar-refractivity contribution >= 4 is 11.5 Å². The van der Waals surface area contributed by atoms with E-state index >= 15 is 0 Å². The van der Waals surface area contributed by atoms with Crippen LogP contribution in [0.5, 0.6) is 0 Å². The van der Waals surface area contributed by atoms with Crippen molar-refractivity contribution in [2.75, 3.05) is 18.5 Å². The molecule has 2 aromatic rings. The van der Waals surface area contributed by atoms with E-state index in [1.54, 1.807) is 0 Å². The van der Waals surface area contributed by atoms with Crippen LogP contribution in [0.2, 0.25) is 0 Å². The SMILES string of the molecule is CN(CC(=O)c1cccn1C)c1ccc(C(C)(C)C)cc1. The van der Waals surface area contributed by atoms with Gasteiger partial charge in [0.2, 0.25) is 0 Å². The third-order valence-electron chi connectivity index (χ3n) is 3.78. The van der Waals surface area contributed by atoms with Crippen LogP contribution in [0, 0.1) is 0 Å². The van der Waals surface area contributed by atoms with Gasteiger partial charge in [-0.1, -0.05) is 32.9 Å². The summed E-state index contributed by atoms with van der Waals surface area (Å²) in [6, 6.07) is 12.2. The number of anilines is 1. The lowest BCUT2D eigenvalue weighted by molar-refractivity contribution is 0.0992. The van der Waals surface area contributed by atoms with Crippen molar-refractivity contribution in [3.05, 3.63) is 53.9 Å². The fourth-order valence-corrected chi connectivity index (χ4v) is 2.35. The van der Waals surface area contributed by atoms with Crippen LogP contribution < -0.4 is 4.90 Å². The number of nitrogens with zero attached hydrogens (tertiary/aromatic N) is 2. The number of rotatable bonds is 4. The normalized spacial score (nSPS) is 11.5. The number of hydrogen-bond acceptors (Lipinski definition) is 2. The quantitative estimate of drug-likeness (QED) is 0.801. The van der Waals surface area contributed by atoms with Crippen LogP contribution in [0.4, 0.5) is 5.69 Å². The van der Waals surface area contributed by atoms with E-state index in [9.17, 15) is 4.79 Å². The zero-order chi connectivity index (χ0) is 15.6. The number of hydrogen-bond donors (Lipinski definition) is 0. The van der Waals surface area contributed by atoms with Gasteiger partial charge in [-0.25, -0.2) is 0 Å². The minimum absolute atomic E-state index is 0.130. The second kappa shape index (κ2) is 5.76. The summed E-state index contributed by atoms with van der Waals surface area (Å²) in [5.74, 6) is 0.130. The maximum Gasteiger partial charge on any atom is 0.198 e. The fourth-order valence-electron chi connectivity index (χ4n) is 2.35.